The van der Waals surface area contributed by atoms with Crippen LogP contribution in [-0.4, -0.2) is 40.0 Å². The van der Waals surface area contributed by atoms with E-state index < -0.39 is 12.0 Å². The Balaban J connectivity index is 1.55. The molecule has 1 atom stereocenters. The van der Waals surface area contributed by atoms with Crippen molar-refractivity contribution in [2.24, 2.45) is 5.92 Å². The van der Waals surface area contributed by atoms with Gasteiger partial charge >= 0.3 is 11.9 Å². The third-order valence-electron chi connectivity index (χ3n) is 7.67. The van der Waals surface area contributed by atoms with Crippen LogP contribution in [0.4, 0.5) is 5.69 Å². The first-order chi connectivity index (χ1) is 22.2. The maximum Gasteiger partial charge on any atom is 0.338 e. The predicted molar refractivity (Wildman–Crippen MR) is 179 cm³/mol. The summed E-state index contributed by atoms with van der Waals surface area (Å²) in [4.78, 5) is 43.5. The molecule has 0 radical (unpaired) electrons. The predicted octanol–water partition coefficient (Wildman–Crippen LogP) is 6.81. The molecule has 0 fully saturated rings. The van der Waals surface area contributed by atoms with Crippen LogP contribution in [0.2, 0.25) is 0 Å². The maximum absolute atomic E-state index is 13.4. The Labute approximate surface area is 271 Å². The van der Waals surface area contributed by atoms with Crippen LogP contribution in [0.5, 0.6) is 0 Å². The van der Waals surface area contributed by atoms with Crippen molar-refractivity contribution >= 4 is 23.5 Å². The number of esters is 2. The fourth-order valence-electron chi connectivity index (χ4n) is 5.17. The van der Waals surface area contributed by atoms with Gasteiger partial charge in [0.05, 0.1) is 41.9 Å². The molecule has 9 nitrogen and oxygen atoms in total. The number of carbonyl (C=O) groups is 3. The summed E-state index contributed by atoms with van der Waals surface area (Å²) in [6.07, 6.45) is 4.64. The number of amides is 1. The summed E-state index contributed by atoms with van der Waals surface area (Å²) in [5.74, 6) is -0.418. The van der Waals surface area contributed by atoms with Crippen LogP contribution < -0.4 is 10.6 Å². The Kier molecular flexibility index (Phi) is 12.1. The zero-order valence-electron chi connectivity index (χ0n) is 27.3. The van der Waals surface area contributed by atoms with Crippen molar-refractivity contribution in [3.63, 3.8) is 0 Å². The monoisotopic (exact) mass is 624 g/mol. The zero-order valence-corrected chi connectivity index (χ0v) is 27.3. The van der Waals surface area contributed by atoms with Crippen molar-refractivity contribution in [3.05, 3.63) is 113 Å². The van der Waals surface area contributed by atoms with Gasteiger partial charge in [0.15, 0.2) is 0 Å². The summed E-state index contributed by atoms with van der Waals surface area (Å²) >= 11 is 0. The molecule has 2 N–H and O–H groups in total. The van der Waals surface area contributed by atoms with E-state index in [1.807, 2.05) is 81.6 Å². The highest BCUT2D eigenvalue weighted by atomic mass is 16.5. The lowest BCUT2D eigenvalue weighted by Gasteiger charge is -2.21. The minimum atomic E-state index is -0.760. The van der Waals surface area contributed by atoms with Gasteiger partial charge in [0.25, 0.3) is 5.91 Å². The quantitative estimate of drug-likeness (QED) is 0.140. The van der Waals surface area contributed by atoms with Crippen LogP contribution in [0.25, 0.3) is 5.69 Å². The fourth-order valence-corrected chi connectivity index (χ4v) is 5.17. The van der Waals surface area contributed by atoms with Gasteiger partial charge < -0.3 is 20.1 Å². The molecule has 1 heterocycles. The number of hydrogen-bond acceptors (Lipinski definition) is 7. The Morgan fingerprint density at radius 1 is 0.935 bits per heavy atom. The van der Waals surface area contributed by atoms with Crippen LogP contribution in [0, 0.1) is 12.8 Å². The highest BCUT2D eigenvalue weighted by Crippen LogP contribution is 2.24. The molecule has 0 spiro atoms. The Hall–Kier alpha value is -4.92. The average Bonchev–Trinajstić information content (AvgIpc) is 3.46. The van der Waals surface area contributed by atoms with Crippen LogP contribution in [0.15, 0.2) is 79.0 Å². The number of nitrogens with zero attached hydrogens (tertiary/aromatic N) is 2. The van der Waals surface area contributed by atoms with E-state index in [0.29, 0.717) is 23.4 Å². The van der Waals surface area contributed by atoms with Crippen molar-refractivity contribution in [3.8, 4) is 5.69 Å². The number of imidazole rings is 1. The lowest BCUT2D eigenvalue weighted by molar-refractivity contribution is -0.146. The summed E-state index contributed by atoms with van der Waals surface area (Å²) in [5.41, 5.74) is 5.18. The number of para-hydroxylation sites is 1. The molecule has 1 amide bonds. The van der Waals surface area contributed by atoms with Crippen molar-refractivity contribution in [1.29, 1.82) is 0 Å². The fraction of sp³-hybridized carbons (Fsp3) is 0.351. The standard InChI is InChI=1S/C37H44N4O5/c1-6-8-18-33-39-23-29(22-38-31-17-13-12-16-30(31)35(42)40-34(25(3)4)37(44)45-7-2)41(33)32-20-19-28(21-26(32)5)36(43)46-24-27-14-10-9-11-15-27/h9-17,19-21,23,25,34,38H,6-8,18,22,24H2,1-5H3,(H,40,42). The molecule has 9 heteroatoms. The average molecular weight is 625 g/mol. The summed E-state index contributed by atoms with van der Waals surface area (Å²) in [5, 5.41) is 6.27. The number of carbonyl (C=O) groups excluding carboxylic acids is 3. The second-order valence-electron chi connectivity index (χ2n) is 11.5. The van der Waals surface area contributed by atoms with E-state index in [-0.39, 0.29) is 31.0 Å². The molecular weight excluding hydrogens is 580 g/mol. The van der Waals surface area contributed by atoms with E-state index in [1.54, 1.807) is 25.1 Å². The van der Waals surface area contributed by atoms with E-state index >= 15 is 0 Å². The van der Waals surface area contributed by atoms with Gasteiger partial charge in [0.2, 0.25) is 0 Å². The summed E-state index contributed by atoms with van der Waals surface area (Å²) in [6, 6.07) is 21.6. The molecule has 0 saturated carbocycles. The molecule has 0 aliphatic rings. The van der Waals surface area contributed by atoms with E-state index in [9.17, 15) is 14.4 Å². The molecule has 46 heavy (non-hydrogen) atoms. The summed E-state index contributed by atoms with van der Waals surface area (Å²) in [7, 11) is 0. The lowest BCUT2D eigenvalue weighted by atomic mass is 10.0. The van der Waals surface area contributed by atoms with Crippen molar-refractivity contribution in [2.45, 2.75) is 73.1 Å². The van der Waals surface area contributed by atoms with Gasteiger partial charge in [-0.05, 0) is 67.6 Å². The zero-order chi connectivity index (χ0) is 33.1. The number of unbranched alkanes of at least 4 members (excludes halogenated alkanes) is 1. The maximum atomic E-state index is 13.4. The van der Waals surface area contributed by atoms with Gasteiger partial charge in [-0.3, -0.25) is 9.36 Å². The smallest absolute Gasteiger partial charge is 0.338 e. The number of anilines is 1. The van der Waals surface area contributed by atoms with E-state index in [0.717, 1.165) is 47.6 Å². The van der Waals surface area contributed by atoms with E-state index in [2.05, 4.69) is 22.1 Å². The minimum absolute atomic E-state index is 0.139. The van der Waals surface area contributed by atoms with Crippen LogP contribution in [0.3, 0.4) is 0 Å². The topological polar surface area (TPSA) is 112 Å². The van der Waals surface area contributed by atoms with Gasteiger partial charge in [0, 0.05) is 12.1 Å². The molecule has 242 valence electrons. The highest BCUT2D eigenvalue weighted by Gasteiger charge is 2.27. The number of rotatable bonds is 15. The van der Waals surface area contributed by atoms with Gasteiger partial charge in [0.1, 0.15) is 18.5 Å². The number of nitrogens with one attached hydrogen (secondary N) is 2. The SMILES string of the molecule is CCCCc1ncc(CNc2ccccc2C(=O)NC(C(=O)OCC)C(C)C)n1-c1ccc(C(=O)OCc2ccccc2)cc1C. The van der Waals surface area contributed by atoms with E-state index in [4.69, 9.17) is 14.5 Å². The van der Waals surface area contributed by atoms with Crippen LogP contribution >= 0.6 is 0 Å². The molecule has 1 unspecified atom stereocenters. The number of aromatic nitrogens is 2. The molecule has 0 saturated heterocycles. The second-order valence-corrected chi connectivity index (χ2v) is 11.5. The van der Waals surface area contributed by atoms with Crippen molar-refractivity contribution < 1.29 is 23.9 Å². The van der Waals surface area contributed by atoms with Gasteiger partial charge in [-0.1, -0.05) is 69.7 Å². The first-order valence-electron chi connectivity index (χ1n) is 15.9. The second kappa shape index (κ2) is 16.4. The Morgan fingerprint density at radius 3 is 2.37 bits per heavy atom. The third kappa shape index (κ3) is 8.62. The highest BCUT2D eigenvalue weighted by molar-refractivity contribution is 6.01. The molecule has 4 rings (SSSR count). The number of benzene rings is 3. The van der Waals surface area contributed by atoms with Gasteiger partial charge in [-0.25, -0.2) is 14.6 Å². The number of ether oxygens (including phenoxy) is 2. The van der Waals surface area contributed by atoms with Gasteiger partial charge in [-0.2, -0.15) is 0 Å². The minimum Gasteiger partial charge on any atom is -0.464 e. The number of hydrogen-bond donors (Lipinski definition) is 2. The van der Waals surface area contributed by atoms with Crippen LogP contribution in [-0.2, 0) is 33.8 Å². The Bertz CT molecular complexity index is 1630. The first kappa shape index (κ1) is 34.0. The van der Waals surface area contributed by atoms with Crippen LogP contribution in [0.1, 0.15) is 83.9 Å². The molecule has 0 aliphatic heterocycles. The molecule has 0 aliphatic carbocycles. The lowest BCUT2D eigenvalue weighted by Crippen LogP contribution is -2.45. The summed E-state index contributed by atoms with van der Waals surface area (Å²) < 4.78 is 12.9. The molecule has 4 aromatic rings. The van der Waals surface area contributed by atoms with E-state index in [1.165, 1.54) is 0 Å². The van der Waals surface area contributed by atoms with Crippen molar-refractivity contribution in [1.82, 2.24) is 14.9 Å². The largest absolute Gasteiger partial charge is 0.464 e. The molecule has 1 aromatic heterocycles. The van der Waals surface area contributed by atoms with Crippen molar-refractivity contribution in [2.75, 3.05) is 11.9 Å². The number of aryl methyl sites for hydroxylation is 2. The summed E-state index contributed by atoms with van der Waals surface area (Å²) in [6.45, 7) is 10.4. The Morgan fingerprint density at radius 2 is 1.67 bits per heavy atom. The molecular formula is C37H44N4O5. The first-order valence-corrected chi connectivity index (χ1v) is 15.9. The molecule has 0 bridgehead atoms. The normalized spacial score (nSPS) is 11.6. The third-order valence-corrected chi connectivity index (χ3v) is 7.67. The molecule has 3 aromatic carbocycles. The van der Waals surface area contributed by atoms with Gasteiger partial charge in [-0.15, -0.1) is 0 Å².